The minimum Gasteiger partial charge on any atom is -0.340 e. The number of aryl methyl sites for hydroxylation is 1. The maximum atomic E-state index is 12.8. The molecule has 2 aromatic heterocycles. The SMILES string of the molecule is CSc1ncccc1C(=O)NC1(c2noc(C)n2)CCCCC1. The van der Waals surface area contributed by atoms with Crippen molar-refractivity contribution in [1.29, 1.82) is 0 Å². The highest BCUT2D eigenvalue weighted by atomic mass is 32.2. The molecule has 1 fully saturated rings. The minimum atomic E-state index is -0.543. The summed E-state index contributed by atoms with van der Waals surface area (Å²) in [4.78, 5) is 21.5. The molecule has 6 nitrogen and oxygen atoms in total. The highest BCUT2D eigenvalue weighted by Gasteiger charge is 2.40. The Kier molecular flexibility index (Phi) is 4.66. The van der Waals surface area contributed by atoms with Crippen LogP contribution in [0.5, 0.6) is 0 Å². The molecule has 0 atom stereocenters. The first kappa shape index (κ1) is 16.0. The fourth-order valence-corrected chi connectivity index (χ4v) is 3.61. The Balaban J connectivity index is 1.91. The number of rotatable bonds is 4. The van der Waals surface area contributed by atoms with E-state index in [4.69, 9.17) is 4.52 Å². The number of carbonyl (C=O) groups is 1. The first-order valence-electron chi connectivity index (χ1n) is 7.77. The van der Waals surface area contributed by atoms with Crippen LogP contribution in [0.1, 0.15) is 54.2 Å². The van der Waals surface area contributed by atoms with E-state index in [0.717, 1.165) is 37.1 Å². The fraction of sp³-hybridized carbons (Fsp3) is 0.500. The fourth-order valence-electron chi connectivity index (χ4n) is 3.06. The molecule has 7 heteroatoms. The van der Waals surface area contributed by atoms with E-state index in [0.29, 0.717) is 17.3 Å². The summed E-state index contributed by atoms with van der Waals surface area (Å²) in [5.74, 6) is 0.967. The van der Waals surface area contributed by atoms with Gasteiger partial charge in [-0.15, -0.1) is 11.8 Å². The quantitative estimate of drug-likeness (QED) is 0.867. The molecule has 0 spiro atoms. The standard InChI is InChI=1S/C16H20N4O2S/c1-11-18-15(20-22-11)16(8-4-3-5-9-16)19-13(21)12-7-6-10-17-14(12)23-2/h6-7,10H,3-5,8-9H2,1-2H3,(H,19,21). The van der Waals surface area contributed by atoms with E-state index in [2.05, 4.69) is 20.4 Å². The zero-order valence-electron chi connectivity index (χ0n) is 13.3. The van der Waals surface area contributed by atoms with Gasteiger partial charge in [-0.2, -0.15) is 4.98 Å². The zero-order chi connectivity index (χ0) is 16.3. The maximum absolute atomic E-state index is 12.8. The molecule has 2 aromatic rings. The zero-order valence-corrected chi connectivity index (χ0v) is 14.2. The summed E-state index contributed by atoms with van der Waals surface area (Å²) in [5, 5.41) is 7.98. The first-order valence-corrected chi connectivity index (χ1v) is 8.99. The average Bonchev–Trinajstić information content (AvgIpc) is 3.03. The third kappa shape index (κ3) is 3.24. The topological polar surface area (TPSA) is 80.9 Å². The molecule has 1 aliphatic rings. The predicted molar refractivity (Wildman–Crippen MR) is 87.3 cm³/mol. The van der Waals surface area contributed by atoms with Gasteiger partial charge >= 0.3 is 0 Å². The number of aromatic nitrogens is 3. The van der Waals surface area contributed by atoms with Crippen molar-refractivity contribution in [2.45, 2.75) is 49.6 Å². The van der Waals surface area contributed by atoms with Gasteiger partial charge in [0, 0.05) is 13.1 Å². The van der Waals surface area contributed by atoms with Gasteiger partial charge in [-0.3, -0.25) is 4.79 Å². The Morgan fingerprint density at radius 3 is 2.78 bits per heavy atom. The molecule has 0 aromatic carbocycles. The van der Waals surface area contributed by atoms with E-state index in [-0.39, 0.29) is 5.91 Å². The van der Waals surface area contributed by atoms with Crippen LogP contribution in [0.2, 0.25) is 0 Å². The van der Waals surface area contributed by atoms with Crippen molar-refractivity contribution in [2.24, 2.45) is 0 Å². The Bertz CT molecular complexity index is 695. The lowest BCUT2D eigenvalue weighted by Gasteiger charge is -2.35. The summed E-state index contributed by atoms with van der Waals surface area (Å²) in [6, 6.07) is 3.58. The van der Waals surface area contributed by atoms with Gasteiger partial charge < -0.3 is 9.84 Å². The summed E-state index contributed by atoms with van der Waals surface area (Å²) in [6.45, 7) is 1.77. The number of amides is 1. The minimum absolute atomic E-state index is 0.133. The number of pyridine rings is 1. The first-order chi connectivity index (χ1) is 11.1. The molecule has 0 bridgehead atoms. The van der Waals surface area contributed by atoms with Crippen LogP contribution < -0.4 is 5.32 Å². The third-order valence-corrected chi connectivity index (χ3v) is 4.94. The van der Waals surface area contributed by atoms with Crippen molar-refractivity contribution >= 4 is 17.7 Å². The van der Waals surface area contributed by atoms with Crippen LogP contribution in [-0.4, -0.2) is 27.3 Å². The number of thioether (sulfide) groups is 1. The second-order valence-corrected chi connectivity index (χ2v) is 6.59. The average molecular weight is 332 g/mol. The van der Waals surface area contributed by atoms with Gasteiger partial charge in [-0.25, -0.2) is 4.98 Å². The van der Waals surface area contributed by atoms with E-state index in [1.165, 1.54) is 11.8 Å². The monoisotopic (exact) mass is 332 g/mol. The van der Waals surface area contributed by atoms with Gasteiger partial charge in [0.1, 0.15) is 10.6 Å². The summed E-state index contributed by atoms with van der Waals surface area (Å²) in [7, 11) is 0. The van der Waals surface area contributed by atoms with E-state index in [1.54, 1.807) is 25.3 Å². The molecule has 1 saturated carbocycles. The van der Waals surface area contributed by atoms with Crippen LogP contribution in [0.4, 0.5) is 0 Å². The van der Waals surface area contributed by atoms with Crippen LogP contribution in [0.25, 0.3) is 0 Å². The second kappa shape index (κ2) is 6.70. The molecular weight excluding hydrogens is 312 g/mol. The van der Waals surface area contributed by atoms with Crippen molar-refractivity contribution in [3.63, 3.8) is 0 Å². The molecule has 1 N–H and O–H groups in total. The van der Waals surface area contributed by atoms with Crippen LogP contribution in [-0.2, 0) is 5.54 Å². The normalized spacial score (nSPS) is 17.0. The smallest absolute Gasteiger partial charge is 0.254 e. The summed E-state index contributed by atoms with van der Waals surface area (Å²) < 4.78 is 5.15. The number of nitrogens with zero attached hydrogens (tertiary/aromatic N) is 3. The van der Waals surface area contributed by atoms with Gasteiger partial charge in [-0.05, 0) is 31.2 Å². The maximum Gasteiger partial charge on any atom is 0.254 e. The van der Waals surface area contributed by atoms with Crippen molar-refractivity contribution in [3.8, 4) is 0 Å². The lowest BCUT2D eigenvalue weighted by atomic mass is 9.80. The lowest BCUT2D eigenvalue weighted by molar-refractivity contribution is 0.0851. The van der Waals surface area contributed by atoms with E-state index >= 15 is 0 Å². The van der Waals surface area contributed by atoms with Crippen molar-refractivity contribution in [2.75, 3.05) is 6.26 Å². The van der Waals surface area contributed by atoms with Gasteiger partial charge in [0.15, 0.2) is 5.82 Å². The molecular formula is C16H20N4O2S. The van der Waals surface area contributed by atoms with Crippen LogP contribution >= 0.6 is 11.8 Å². The molecule has 23 heavy (non-hydrogen) atoms. The summed E-state index contributed by atoms with van der Waals surface area (Å²) in [5.41, 5.74) is 0.0451. The highest BCUT2D eigenvalue weighted by Crippen LogP contribution is 2.36. The summed E-state index contributed by atoms with van der Waals surface area (Å²) in [6.07, 6.45) is 8.50. The molecule has 3 rings (SSSR count). The Hall–Kier alpha value is -1.89. The predicted octanol–water partition coefficient (Wildman–Crippen LogP) is 3.08. The van der Waals surface area contributed by atoms with Gasteiger partial charge in [-0.1, -0.05) is 24.4 Å². The largest absolute Gasteiger partial charge is 0.340 e. The molecule has 122 valence electrons. The molecule has 0 aliphatic heterocycles. The molecule has 2 heterocycles. The van der Waals surface area contributed by atoms with Gasteiger partial charge in [0.25, 0.3) is 5.91 Å². The van der Waals surface area contributed by atoms with E-state index < -0.39 is 5.54 Å². The number of hydrogen-bond acceptors (Lipinski definition) is 6. The van der Waals surface area contributed by atoms with E-state index in [9.17, 15) is 4.79 Å². The Labute approximate surface area is 139 Å². The van der Waals surface area contributed by atoms with Gasteiger partial charge in [0.2, 0.25) is 5.89 Å². The van der Waals surface area contributed by atoms with E-state index in [1.807, 2.05) is 6.26 Å². The molecule has 1 amide bonds. The van der Waals surface area contributed by atoms with Gasteiger partial charge in [0.05, 0.1) is 5.56 Å². The van der Waals surface area contributed by atoms with Crippen molar-refractivity contribution in [3.05, 3.63) is 35.6 Å². The van der Waals surface area contributed by atoms with Crippen LogP contribution in [0.3, 0.4) is 0 Å². The van der Waals surface area contributed by atoms with Crippen molar-refractivity contribution in [1.82, 2.24) is 20.4 Å². The Morgan fingerprint density at radius 2 is 2.13 bits per heavy atom. The van der Waals surface area contributed by atoms with Crippen molar-refractivity contribution < 1.29 is 9.32 Å². The number of carbonyl (C=O) groups excluding carboxylic acids is 1. The molecule has 1 aliphatic carbocycles. The molecule has 0 unspecified atom stereocenters. The number of nitrogens with one attached hydrogen (secondary N) is 1. The molecule has 0 radical (unpaired) electrons. The third-order valence-electron chi connectivity index (χ3n) is 4.22. The molecule has 0 saturated heterocycles. The lowest BCUT2D eigenvalue weighted by Crippen LogP contribution is -2.48. The highest BCUT2D eigenvalue weighted by molar-refractivity contribution is 7.98. The second-order valence-electron chi connectivity index (χ2n) is 5.79. The van der Waals surface area contributed by atoms with Crippen LogP contribution in [0.15, 0.2) is 27.9 Å². The van der Waals surface area contributed by atoms with Crippen LogP contribution in [0, 0.1) is 6.92 Å². The number of hydrogen-bond donors (Lipinski definition) is 1. The Morgan fingerprint density at radius 1 is 1.35 bits per heavy atom. The summed E-state index contributed by atoms with van der Waals surface area (Å²) >= 11 is 1.46.